The van der Waals surface area contributed by atoms with E-state index in [4.69, 9.17) is 0 Å². The van der Waals surface area contributed by atoms with Crippen LogP contribution in [-0.2, 0) is 0 Å². The third kappa shape index (κ3) is 2.74. The molecular weight excluding hydrogens is 306 g/mol. The van der Waals surface area contributed by atoms with Crippen molar-refractivity contribution >= 4 is 37.5 Å². The van der Waals surface area contributed by atoms with E-state index in [1.54, 1.807) is 0 Å². The van der Waals surface area contributed by atoms with Crippen LogP contribution in [0.3, 0.4) is 0 Å². The van der Waals surface area contributed by atoms with Crippen LogP contribution in [0.4, 0.5) is 5.69 Å². The second kappa shape index (κ2) is 4.67. The molecular formula is C11H13Br2N. The second-order valence-electron chi connectivity index (χ2n) is 3.76. The topological polar surface area (TPSA) is 12.0 Å². The number of halogens is 2. The number of para-hydroxylation sites is 1. The van der Waals surface area contributed by atoms with E-state index in [1.807, 2.05) is 6.07 Å². The Kier molecular flexibility index (Phi) is 3.50. The molecule has 1 N–H and O–H groups in total. The van der Waals surface area contributed by atoms with Crippen molar-refractivity contribution in [1.82, 2.24) is 0 Å². The van der Waals surface area contributed by atoms with Gasteiger partial charge in [0.2, 0.25) is 0 Å². The van der Waals surface area contributed by atoms with Gasteiger partial charge in [-0.25, -0.2) is 0 Å². The molecule has 76 valence electrons. The molecule has 0 unspecified atom stereocenters. The van der Waals surface area contributed by atoms with Crippen LogP contribution >= 0.6 is 31.9 Å². The van der Waals surface area contributed by atoms with Crippen molar-refractivity contribution < 1.29 is 0 Å². The minimum Gasteiger partial charge on any atom is -0.383 e. The van der Waals surface area contributed by atoms with Gasteiger partial charge in [0, 0.05) is 15.5 Å². The zero-order valence-electron chi connectivity index (χ0n) is 7.89. The Morgan fingerprint density at radius 3 is 2.43 bits per heavy atom. The Morgan fingerprint density at radius 1 is 1.21 bits per heavy atom. The van der Waals surface area contributed by atoms with Gasteiger partial charge in [0.05, 0.1) is 5.69 Å². The van der Waals surface area contributed by atoms with Gasteiger partial charge in [-0.05, 0) is 56.3 Å². The molecule has 0 aliphatic heterocycles. The maximum absolute atomic E-state index is 3.54. The summed E-state index contributed by atoms with van der Waals surface area (Å²) >= 11 is 7.07. The molecule has 1 aliphatic carbocycles. The molecule has 0 heterocycles. The second-order valence-corrected chi connectivity index (χ2v) is 5.46. The summed E-state index contributed by atoms with van der Waals surface area (Å²) < 4.78 is 2.25. The SMILES string of the molecule is Brc1cccc(Br)c1NCCC1CC1. The van der Waals surface area contributed by atoms with E-state index < -0.39 is 0 Å². The fourth-order valence-electron chi connectivity index (χ4n) is 1.47. The molecule has 14 heavy (non-hydrogen) atoms. The molecule has 0 spiro atoms. The fourth-order valence-corrected chi connectivity index (χ4v) is 2.75. The molecule has 0 atom stereocenters. The highest BCUT2D eigenvalue weighted by molar-refractivity contribution is 9.11. The molecule has 1 nitrogen and oxygen atoms in total. The highest BCUT2D eigenvalue weighted by Gasteiger charge is 2.20. The molecule has 1 saturated carbocycles. The first kappa shape index (κ1) is 10.5. The van der Waals surface area contributed by atoms with Crippen molar-refractivity contribution in [1.29, 1.82) is 0 Å². The molecule has 0 radical (unpaired) electrons. The van der Waals surface area contributed by atoms with Gasteiger partial charge < -0.3 is 5.32 Å². The smallest absolute Gasteiger partial charge is 0.0628 e. The third-order valence-electron chi connectivity index (χ3n) is 2.51. The van der Waals surface area contributed by atoms with E-state index in [1.165, 1.54) is 24.9 Å². The van der Waals surface area contributed by atoms with Crippen LogP contribution in [0.2, 0.25) is 0 Å². The van der Waals surface area contributed by atoms with Crippen LogP contribution in [0, 0.1) is 5.92 Å². The molecule has 1 aromatic carbocycles. The lowest BCUT2D eigenvalue weighted by molar-refractivity contribution is 0.760. The van der Waals surface area contributed by atoms with E-state index >= 15 is 0 Å². The highest BCUT2D eigenvalue weighted by atomic mass is 79.9. The highest BCUT2D eigenvalue weighted by Crippen LogP contribution is 2.34. The summed E-state index contributed by atoms with van der Waals surface area (Å²) in [7, 11) is 0. The zero-order valence-corrected chi connectivity index (χ0v) is 11.1. The quantitative estimate of drug-likeness (QED) is 0.866. The van der Waals surface area contributed by atoms with Crippen LogP contribution in [0.25, 0.3) is 0 Å². The summed E-state index contributed by atoms with van der Waals surface area (Å²) in [5, 5.41) is 3.46. The monoisotopic (exact) mass is 317 g/mol. The van der Waals surface area contributed by atoms with Gasteiger partial charge in [-0.2, -0.15) is 0 Å². The summed E-state index contributed by atoms with van der Waals surface area (Å²) in [5.74, 6) is 0.990. The first-order valence-corrected chi connectivity index (χ1v) is 6.54. The predicted octanol–water partition coefficient (Wildman–Crippen LogP) is 4.42. The van der Waals surface area contributed by atoms with Crippen LogP contribution in [0.1, 0.15) is 19.3 Å². The average Bonchev–Trinajstić information content (AvgIpc) is 2.94. The fraction of sp³-hybridized carbons (Fsp3) is 0.455. The van der Waals surface area contributed by atoms with Gasteiger partial charge >= 0.3 is 0 Å². The number of nitrogens with one attached hydrogen (secondary N) is 1. The zero-order chi connectivity index (χ0) is 9.97. The lowest BCUT2D eigenvalue weighted by Crippen LogP contribution is -2.03. The van der Waals surface area contributed by atoms with E-state index in [0.29, 0.717) is 0 Å². The number of benzene rings is 1. The lowest BCUT2D eigenvalue weighted by atomic mass is 10.2. The van der Waals surface area contributed by atoms with Crippen molar-refractivity contribution in [3.05, 3.63) is 27.1 Å². The molecule has 1 aliphatic rings. The minimum atomic E-state index is 0.990. The van der Waals surface area contributed by atoms with Gasteiger partial charge in [0.1, 0.15) is 0 Å². The van der Waals surface area contributed by atoms with Gasteiger partial charge in [-0.3, -0.25) is 0 Å². The van der Waals surface area contributed by atoms with E-state index in [-0.39, 0.29) is 0 Å². The predicted molar refractivity (Wildman–Crippen MR) is 67.7 cm³/mol. The van der Waals surface area contributed by atoms with Gasteiger partial charge in [-0.15, -0.1) is 0 Å². The molecule has 3 heteroatoms. The van der Waals surface area contributed by atoms with Gasteiger partial charge in [-0.1, -0.05) is 18.9 Å². The molecule has 0 saturated heterocycles. The first-order valence-electron chi connectivity index (χ1n) is 4.95. The summed E-state index contributed by atoms with van der Waals surface area (Å²) in [6, 6.07) is 6.15. The Balaban J connectivity index is 1.92. The minimum absolute atomic E-state index is 0.990. The third-order valence-corrected chi connectivity index (χ3v) is 3.84. The first-order chi connectivity index (χ1) is 6.77. The van der Waals surface area contributed by atoms with Crippen molar-refractivity contribution in [2.75, 3.05) is 11.9 Å². The van der Waals surface area contributed by atoms with E-state index in [2.05, 4.69) is 49.3 Å². The summed E-state index contributed by atoms with van der Waals surface area (Å²) in [5.41, 5.74) is 1.17. The molecule has 0 aromatic heterocycles. The molecule has 1 aromatic rings. The van der Waals surface area contributed by atoms with Crippen LogP contribution in [0.5, 0.6) is 0 Å². The lowest BCUT2D eigenvalue weighted by Gasteiger charge is -2.09. The average molecular weight is 319 g/mol. The van der Waals surface area contributed by atoms with Crippen LogP contribution < -0.4 is 5.32 Å². The van der Waals surface area contributed by atoms with Gasteiger partial charge in [0.25, 0.3) is 0 Å². The maximum Gasteiger partial charge on any atom is 0.0628 e. The Labute approximate surface area is 102 Å². The Morgan fingerprint density at radius 2 is 1.86 bits per heavy atom. The number of hydrogen-bond acceptors (Lipinski definition) is 1. The normalized spacial score (nSPS) is 15.6. The van der Waals surface area contributed by atoms with Crippen molar-refractivity contribution in [3.63, 3.8) is 0 Å². The molecule has 1 fully saturated rings. The maximum atomic E-state index is 3.54. The Bertz CT molecular complexity index is 301. The van der Waals surface area contributed by atoms with Gasteiger partial charge in [0.15, 0.2) is 0 Å². The van der Waals surface area contributed by atoms with Crippen molar-refractivity contribution in [2.24, 2.45) is 5.92 Å². The summed E-state index contributed by atoms with van der Waals surface area (Å²) in [6.45, 7) is 1.08. The largest absolute Gasteiger partial charge is 0.383 e. The van der Waals surface area contributed by atoms with E-state index in [9.17, 15) is 0 Å². The number of anilines is 1. The van der Waals surface area contributed by atoms with Crippen molar-refractivity contribution in [3.8, 4) is 0 Å². The van der Waals surface area contributed by atoms with Crippen LogP contribution in [-0.4, -0.2) is 6.54 Å². The molecule has 0 amide bonds. The van der Waals surface area contributed by atoms with Crippen LogP contribution in [0.15, 0.2) is 27.1 Å². The number of hydrogen-bond donors (Lipinski definition) is 1. The summed E-state index contributed by atoms with van der Waals surface area (Å²) in [4.78, 5) is 0. The number of rotatable bonds is 4. The standard InChI is InChI=1S/C11H13Br2N/c12-9-2-1-3-10(13)11(9)14-7-6-8-4-5-8/h1-3,8,14H,4-7H2. The summed E-state index contributed by atoms with van der Waals surface area (Å²) in [6.07, 6.45) is 4.16. The molecule has 0 bridgehead atoms. The molecule has 2 rings (SSSR count). The van der Waals surface area contributed by atoms with E-state index in [0.717, 1.165) is 21.4 Å². The Hall–Kier alpha value is -0.0200. The van der Waals surface area contributed by atoms with Crippen molar-refractivity contribution in [2.45, 2.75) is 19.3 Å².